The highest BCUT2D eigenvalue weighted by atomic mass is 16.5. The van der Waals surface area contributed by atoms with E-state index >= 15 is 0 Å². The number of carbonyl (C=O) groups is 1. The van der Waals surface area contributed by atoms with Crippen molar-refractivity contribution >= 4 is 16.9 Å². The molecule has 5 nitrogen and oxygen atoms in total. The summed E-state index contributed by atoms with van der Waals surface area (Å²) in [6, 6.07) is 25.3. The lowest BCUT2D eigenvalue weighted by Crippen LogP contribution is -2.45. The van der Waals surface area contributed by atoms with Gasteiger partial charge in [0.05, 0.1) is 0 Å². The van der Waals surface area contributed by atoms with Crippen LogP contribution in [-0.2, 0) is 30.9 Å². The van der Waals surface area contributed by atoms with Crippen molar-refractivity contribution in [3.63, 3.8) is 0 Å². The fourth-order valence-electron chi connectivity index (χ4n) is 4.19. The summed E-state index contributed by atoms with van der Waals surface area (Å²) >= 11 is 0. The number of furan rings is 1. The molecule has 1 aliphatic heterocycles. The van der Waals surface area contributed by atoms with Crippen molar-refractivity contribution in [2.45, 2.75) is 32.2 Å². The first-order valence-corrected chi connectivity index (χ1v) is 10.4. The number of aliphatic carboxylic acids is 1. The number of hydrogen-bond donors (Lipinski definition) is 1. The van der Waals surface area contributed by atoms with Crippen molar-refractivity contribution in [2.75, 3.05) is 0 Å². The molecule has 0 saturated heterocycles. The Labute approximate surface area is 180 Å². The van der Waals surface area contributed by atoms with Crippen LogP contribution in [0, 0.1) is 0 Å². The Morgan fingerprint density at radius 3 is 2.61 bits per heavy atom. The SMILES string of the molecule is O=C(O)[C@@H]1Cc2ccc(OCc3cc4ccccc4o3)cc2CN1Cc1ccccc1. The summed E-state index contributed by atoms with van der Waals surface area (Å²) in [6.07, 6.45) is 0.487. The van der Waals surface area contributed by atoms with Crippen molar-refractivity contribution in [1.82, 2.24) is 4.90 Å². The van der Waals surface area contributed by atoms with Crippen LogP contribution in [-0.4, -0.2) is 22.0 Å². The Bertz CT molecular complexity index is 1180. The van der Waals surface area contributed by atoms with E-state index in [9.17, 15) is 9.90 Å². The van der Waals surface area contributed by atoms with Crippen molar-refractivity contribution < 1.29 is 19.1 Å². The fraction of sp³-hybridized carbons (Fsp3) is 0.192. The number of carboxylic acids is 1. The molecule has 156 valence electrons. The normalized spacial score (nSPS) is 16.2. The minimum absolute atomic E-state index is 0.346. The lowest BCUT2D eigenvalue weighted by molar-refractivity contribution is -0.144. The molecule has 5 rings (SSSR count). The second-order valence-electron chi connectivity index (χ2n) is 7.92. The molecule has 2 heterocycles. The van der Waals surface area contributed by atoms with Crippen molar-refractivity contribution in [2.24, 2.45) is 0 Å². The van der Waals surface area contributed by atoms with Crippen LogP contribution in [0.4, 0.5) is 0 Å². The molecule has 0 radical (unpaired) electrons. The first kappa shape index (κ1) is 19.4. The van der Waals surface area contributed by atoms with E-state index in [1.165, 1.54) is 0 Å². The molecule has 31 heavy (non-hydrogen) atoms. The molecule has 0 amide bonds. The van der Waals surface area contributed by atoms with Gasteiger partial charge in [0.25, 0.3) is 0 Å². The molecule has 0 unspecified atom stereocenters. The molecule has 0 aliphatic carbocycles. The van der Waals surface area contributed by atoms with Crippen molar-refractivity contribution in [3.05, 3.63) is 101 Å². The highest BCUT2D eigenvalue weighted by molar-refractivity contribution is 5.77. The summed E-state index contributed by atoms with van der Waals surface area (Å²) in [5, 5.41) is 10.8. The largest absolute Gasteiger partial charge is 0.486 e. The van der Waals surface area contributed by atoms with Gasteiger partial charge in [-0.3, -0.25) is 9.69 Å². The Morgan fingerprint density at radius 1 is 1.00 bits per heavy atom. The van der Waals surface area contributed by atoms with Gasteiger partial charge in [-0.15, -0.1) is 0 Å². The zero-order chi connectivity index (χ0) is 21.2. The molecule has 1 atom stereocenters. The Morgan fingerprint density at radius 2 is 1.81 bits per heavy atom. The molecule has 4 aromatic rings. The summed E-state index contributed by atoms with van der Waals surface area (Å²) in [4.78, 5) is 13.9. The Balaban J connectivity index is 1.33. The molecule has 5 heteroatoms. The van der Waals surface area contributed by atoms with Gasteiger partial charge in [-0.2, -0.15) is 0 Å². The van der Waals surface area contributed by atoms with E-state index in [0.29, 0.717) is 26.1 Å². The van der Waals surface area contributed by atoms with Crippen LogP contribution in [0.5, 0.6) is 5.75 Å². The van der Waals surface area contributed by atoms with Gasteiger partial charge in [-0.1, -0.05) is 54.6 Å². The predicted molar refractivity (Wildman–Crippen MR) is 118 cm³/mol. The van der Waals surface area contributed by atoms with Gasteiger partial charge in [0.15, 0.2) is 0 Å². The first-order chi connectivity index (χ1) is 15.2. The fourth-order valence-corrected chi connectivity index (χ4v) is 4.19. The van der Waals surface area contributed by atoms with E-state index in [1.807, 2.05) is 83.8 Å². The van der Waals surface area contributed by atoms with E-state index in [0.717, 1.165) is 39.2 Å². The molecule has 1 aliphatic rings. The van der Waals surface area contributed by atoms with Gasteiger partial charge in [0, 0.05) is 18.5 Å². The number of fused-ring (bicyclic) bond motifs is 2. The minimum Gasteiger partial charge on any atom is -0.486 e. The monoisotopic (exact) mass is 413 g/mol. The van der Waals surface area contributed by atoms with Gasteiger partial charge in [0.1, 0.15) is 29.7 Å². The number of nitrogens with zero attached hydrogens (tertiary/aromatic N) is 1. The molecule has 0 bridgehead atoms. The highest BCUT2D eigenvalue weighted by Crippen LogP contribution is 2.29. The van der Waals surface area contributed by atoms with Crippen LogP contribution >= 0.6 is 0 Å². The Kier molecular flexibility index (Phi) is 5.18. The minimum atomic E-state index is -0.785. The average molecular weight is 413 g/mol. The summed E-state index contributed by atoms with van der Waals surface area (Å²) in [5.74, 6) is 0.745. The second kappa shape index (κ2) is 8.28. The quantitative estimate of drug-likeness (QED) is 0.481. The summed E-state index contributed by atoms with van der Waals surface area (Å²) < 4.78 is 11.8. The number of para-hydroxylation sites is 1. The van der Waals surface area contributed by atoms with Gasteiger partial charge in [-0.05, 0) is 47.4 Å². The summed E-state index contributed by atoms with van der Waals surface area (Å²) in [5.41, 5.74) is 4.13. The second-order valence-corrected chi connectivity index (χ2v) is 7.92. The highest BCUT2D eigenvalue weighted by Gasteiger charge is 2.31. The standard InChI is InChI=1S/C26H23NO4/c28-26(29)24-14-19-10-11-22(30-17-23-12-20-8-4-5-9-25(20)31-23)13-21(19)16-27(24)15-18-6-2-1-3-7-18/h1-13,24H,14-17H2,(H,28,29)/t24-/m0/s1. The predicted octanol–water partition coefficient (Wildman–Crippen LogP) is 5.02. The number of hydrogen-bond acceptors (Lipinski definition) is 4. The maximum atomic E-state index is 11.9. The van der Waals surface area contributed by atoms with E-state index in [2.05, 4.69) is 0 Å². The molecule has 0 spiro atoms. The number of carboxylic acid groups (broad SMARTS) is 1. The third-order valence-electron chi connectivity index (χ3n) is 5.78. The number of rotatable bonds is 6. The van der Waals surface area contributed by atoms with E-state index in [1.54, 1.807) is 0 Å². The summed E-state index contributed by atoms with van der Waals surface area (Å²) in [7, 11) is 0. The van der Waals surface area contributed by atoms with E-state index in [4.69, 9.17) is 9.15 Å². The van der Waals surface area contributed by atoms with Gasteiger partial charge in [-0.25, -0.2) is 0 Å². The molecular formula is C26H23NO4. The molecule has 0 fully saturated rings. The maximum absolute atomic E-state index is 11.9. The molecule has 1 N–H and O–H groups in total. The third kappa shape index (κ3) is 4.18. The Hall–Kier alpha value is -3.57. The first-order valence-electron chi connectivity index (χ1n) is 10.4. The number of benzene rings is 3. The lowest BCUT2D eigenvalue weighted by Gasteiger charge is -2.34. The summed E-state index contributed by atoms with van der Waals surface area (Å²) in [6.45, 7) is 1.52. The van der Waals surface area contributed by atoms with Crippen LogP contribution in [0.1, 0.15) is 22.5 Å². The molecular weight excluding hydrogens is 390 g/mol. The third-order valence-corrected chi connectivity index (χ3v) is 5.78. The molecule has 0 saturated carbocycles. The van der Waals surface area contributed by atoms with Gasteiger partial charge < -0.3 is 14.3 Å². The zero-order valence-electron chi connectivity index (χ0n) is 17.0. The zero-order valence-corrected chi connectivity index (χ0v) is 17.0. The van der Waals surface area contributed by atoms with Crippen LogP contribution in [0.2, 0.25) is 0 Å². The smallest absolute Gasteiger partial charge is 0.321 e. The van der Waals surface area contributed by atoms with Crippen molar-refractivity contribution in [3.8, 4) is 5.75 Å². The van der Waals surface area contributed by atoms with Crippen LogP contribution in [0.25, 0.3) is 11.0 Å². The number of ether oxygens (including phenoxy) is 1. The van der Waals surface area contributed by atoms with E-state index in [-0.39, 0.29) is 0 Å². The van der Waals surface area contributed by atoms with Crippen LogP contribution in [0.15, 0.2) is 83.3 Å². The maximum Gasteiger partial charge on any atom is 0.321 e. The van der Waals surface area contributed by atoms with Crippen LogP contribution in [0.3, 0.4) is 0 Å². The van der Waals surface area contributed by atoms with Crippen molar-refractivity contribution in [1.29, 1.82) is 0 Å². The molecule has 3 aromatic carbocycles. The average Bonchev–Trinajstić information content (AvgIpc) is 3.21. The van der Waals surface area contributed by atoms with Gasteiger partial charge in [0.2, 0.25) is 0 Å². The van der Waals surface area contributed by atoms with E-state index < -0.39 is 12.0 Å². The lowest BCUT2D eigenvalue weighted by atomic mass is 9.93. The molecule has 1 aromatic heterocycles. The van der Waals surface area contributed by atoms with Crippen LogP contribution < -0.4 is 4.74 Å². The van der Waals surface area contributed by atoms with Gasteiger partial charge >= 0.3 is 5.97 Å². The topological polar surface area (TPSA) is 62.9 Å².